The summed E-state index contributed by atoms with van der Waals surface area (Å²) in [6.45, 7) is 12.1. The van der Waals surface area contributed by atoms with Crippen molar-refractivity contribution >= 4 is 13.2 Å². The van der Waals surface area contributed by atoms with Gasteiger partial charge in [-0.15, -0.1) is 0 Å². The molecule has 5 heteroatoms. The van der Waals surface area contributed by atoms with Crippen molar-refractivity contribution in [1.82, 2.24) is 4.98 Å². The van der Waals surface area contributed by atoms with E-state index in [1.54, 1.807) is 6.20 Å². The van der Waals surface area contributed by atoms with Crippen molar-refractivity contribution in [3.63, 3.8) is 0 Å². The van der Waals surface area contributed by atoms with Crippen LogP contribution in [0.3, 0.4) is 0 Å². The van der Waals surface area contributed by atoms with Crippen LogP contribution in [0.5, 0.6) is 5.75 Å². The van der Waals surface area contributed by atoms with Crippen LogP contribution in [0.4, 0.5) is 0 Å². The second-order valence-corrected chi connectivity index (χ2v) is 6.54. The fourth-order valence-corrected chi connectivity index (χ4v) is 2.02. The van der Waals surface area contributed by atoms with Gasteiger partial charge in [0.1, 0.15) is 11.4 Å². The number of aromatic nitrogens is 1. The number of nitrogens with zero attached hydrogens (tertiary/aromatic N) is 1. The Hall–Kier alpha value is -1.33. The molecule has 2 heterocycles. The zero-order chi connectivity index (χ0) is 15.7. The molecule has 0 saturated carbocycles. The van der Waals surface area contributed by atoms with E-state index in [0.717, 1.165) is 11.4 Å². The Labute approximate surface area is 127 Å². The van der Waals surface area contributed by atoms with E-state index in [-0.39, 0.29) is 24.4 Å². The number of pyridine rings is 1. The minimum atomic E-state index is -0.371. The van der Waals surface area contributed by atoms with Crippen LogP contribution in [-0.2, 0) is 9.31 Å². The first-order valence-electron chi connectivity index (χ1n) is 7.37. The predicted molar refractivity (Wildman–Crippen MR) is 85.1 cm³/mol. The highest BCUT2D eigenvalue weighted by atomic mass is 16.7. The van der Waals surface area contributed by atoms with Gasteiger partial charge in [0.2, 0.25) is 0 Å². The molecule has 1 fully saturated rings. The molecule has 21 heavy (non-hydrogen) atoms. The molecule has 0 spiro atoms. The van der Waals surface area contributed by atoms with Crippen LogP contribution in [0, 0.1) is 0 Å². The van der Waals surface area contributed by atoms with E-state index in [4.69, 9.17) is 14.0 Å². The molecule has 0 radical (unpaired) electrons. The molecule has 0 atom stereocenters. The zero-order valence-electron chi connectivity index (χ0n) is 13.7. The van der Waals surface area contributed by atoms with Gasteiger partial charge in [-0.05, 0) is 59.8 Å². The summed E-state index contributed by atoms with van der Waals surface area (Å²) in [5, 5.41) is 0. The minimum absolute atomic E-state index is 0.109. The molecule has 114 valence electrons. The number of rotatable bonds is 4. The highest BCUT2D eigenvalue weighted by Crippen LogP contribution is 2.37. The minimum Gasteiger partial charge on any atom is -0.489 e. The lowest BCUT2D eigenvalue weighted by molar-refractivity contribution is 0.00578. The fourth-order valence-electron chi connectivity index (χ4n) is 2.02. The van der Waals surface area contributed by atoms with Crippen molar-refractivity contribution in [2.45, 2.75) is 58.8 Å². The molecule has 0 N–H and O–H groups in total. The average molecular weight is 289 g/mol. The van der Waals surface area contributed by atoms with Crippen LogP contribution in [-0.4, -0.2) is 29.4 Å². The molecule has 0 aliphatic carbocycles. The fraction of sp³-hybridized carbons (Fsp3) is 0.562. The monoisotopic (exact) mass is 289 g/mol. The van der Waals surface area contributed by atoms with E-state index in [0.29, 0.717) is 0 Å². The van der Waals surface area contributed by atoms with E-state index in [2.05, 4.69) is 4.98 Å². The van der Waals surface area contributed by atoms with Gasteiger partial charge >= 0.3 is 7.12 Å². The van der Waals surface area contributed by atoms with Crippen LogP contribution >= 0.6 is 0 Å². The highest BCUT2D eigenvalue weighted by molar-refractivity contribution is 6.52. The summed E-state index contributed by atoms with van der Waals surface area (Å²) in [6, 6.07) is 3.78. The maximum atomic E-state index is 5.93. The lowest BCUT2D eigenvalue weighted by atomic mass is 9.89. The summed E-state index contributed by atoms with van der Waals surface area (Å²) < 4.78 is 17.6. The Bertz CT molecular complexity index is 510. The Kier molecular flexibility index (Phi) is 4.44. The zero-order valence-corrected chi connectivity index (χ0v) is 13.7. The van der Waals surface area contributed by atoms with E-state index < -0.39 is 0 Å². The SMILES string of the molecule is CC(C)Oc1cccnc1/C=C/B1OC(C)(C)C(C)(C)O1. The van der Waals surface area contributed by atoms with Crippen LogP contribution < -0.4 is 4.74 Å². The van der Waals surface area contributed by atoms with E-state index in [1.165, 1.54) is 0 Å². The molecule has 1 aromatic rings. The lowest BCUT2D eigenvalue weighted by Gasteiger charge is -2.32. The maximum absolute atomic E-state index is 5.93. The third-order valence-electron chi connectivity index (χ3n) is 3.85. The molecule has 1 saturated heterocycles. The molecule has 0 aromatic carbocycles. The van der Waals surface area contributed by atoms with Gasteiger partial charge in [-0.25, -0.2) is 0 Å². The van der Waals surface area contributed by atoms with Gasteiger partial charge in [0.15, 0.2) is 0 Å². The molecule has 0 unspecified atom stereocenters. The van der Waals surface area contributed by atoms with Gasteiger partial charge in [-0.1, -0.05) is 5.98 Å². The number of ether oxygens (including phenoxy) is 1. The number of hydrogen-bond donors (Lipinski definition) is 0. The van der Waals surface area contributed by atoms with Crippen molar-refractivity contribution < 1.29 is 14.0 Å². The van der Waals surface area contributed by atoms with Crippen LogP contribution in [0.2, 0.25) is 0 Å². The Balaban J connectivity index is 2.13. The van der Waals surface area contributed by atoms with Gasteiger partial charge in [0, 0.05) is 6.20 Å². The summed E-state index contributed by atoms with van der Waals surface area (Å²) in [6.07, 6.45) is 3.75. The summed E-state index contributed by atoms with van der Waals surface area (Å²) in [5.74, 6) is 2.65. The van der Waals surface area contributed by atoms with Crippen molar-refractivity contribution in [1.29, 1.82) is 0 Å². The Morgan fingerprint density at radius 3 is 2.38 bits per heavy atom. The van der Waals surface area contributed by atoms with E-state index in [1.807, 2.05) is 65.7 Å². The van der Waals surface area contributed by atoms with Gasteiger partial charge in [-0.3, -0.25) is 4.98 Å². The Morgan fingerprint density at radius 1 is 1.19 bits per heavy atom. The molecule has 0 amide bonds. The molecule has 1 aromatic heterocycles. The smallest absolute Gasteiger partial charge is 0.487 e. The average Bonchev–Trinajstić information content (AvgIpc) is 2.56. The first kappa shape index (κ1) is 16.1. The van der Waals surface area contributed by atoms with Gasteiger partial charge < -0.3 is 14.0 Å². The van der Waals surface area contributed by atoms with Crippen molar-refractivity contribution in [3.8, 4) is 5.75 Å². The highest BCUT2D eigenvalue weighted by Gasteiger charge is 2.50. The third-order valence-corrected chi connectivity index (χ3v) is 3.85. The van der Waals surface area contributed by atoms with Crippen LogP contribution in [0.25, 0.3) is 6.08 Å². The molecule has 0 bridgehead atoms. The summed E-state index contributed by atoms with van der Waals surface area (Å²) in [5.41, 5.74) is 0.119. The van der Waals surface area contributed by atoms with Gasteiger partial charge in [0.25, 0.3) is 0 Å². The Morgan fingerprint density at radius 2 is 1.81 bits per heavy atom. The molecular weight excluding hydrogens is 265 g/mol. The van der Waals surface area contributed by atoms with Crippen LogP contribution in [0.1, 0.15) is 47.2 Å². The summed E-state index contributed by atoms with van der Waals surface area (Å²) in [4.78, 5) is 4.34. The molecule has 1 aliphatic rings. The first-order chi connectivity index (χ1) is 9.71. The summed E-state index contributed by atoms with van der Waals surface area (Å²) in [7, 11) is -0.371. The normalized spacial score (nSPS) is 20.4. The van der Waals surface area contributed by atoms with E-state index >= 15 is 0 Å². The molecule has 1 aliphatic heterocycles. The standard InChI is InChI=1S/C16H24BNO3/c1-12(2)19-14-8-7-11-18-13(14)9-10-17-20-15(3,4)16(5,6)21-17/h7-12H,1-6H3/b10-9+. The van der Waals surface area contributed by atoms with Crippen molar-refractivity contribution in [2.75, 3.05) is 0 Å². The topological polar surface area (TPSA) is 40.6 Å². The second-order valence-electron chi connectivity index (χ2n) is 6.54. The molecule has 2 rings (SSSR count). The molecular formula is C16H24BNO3. The third kappa shape index (κ3) is 3.66. The van der Waals surface area contributed by atoms with Crippen molar-refractivity contribution in [2.24, 2.45) is 0 Å². The predicted octanol–water partition coefficient (Wildman–Crippen LogP) is 3.51. The number of hydrogen-bond acceptors (Lipinski definition) is 4. The lowest BCUT2D eigenvalue weighted by Crippen LogP contribution is -2.41. The second kappa shape index (κ2) is 5.81. The maximum Gasteiger partial charge on any atom is 0.487 e. The van der Waals surface area contributed by atoms with Crippen molar-refractivity contribution in [3.05, 3.63) is 30.0 Å². The quantitative estimate of drug-likeness (QED) is 0.795. The van der Waals surface area contributed by atoms with Gasteiger partial charge in [0.05, 0.1) is 17.3 Å². The van der Waals surface area contributed by atoms with Crippen LogP contribution in [0.15, 0.2) is 24.3 Å². The van der Waals surface area contributed by atoms with Gasteiger partial charge in [-0.2, -0.15) is 0 Å². The largest absolute Gasteiger partial charge is 0.489 e. The summed E-state index contributed by atoms with van der Waals surface area (Å²) >= 11 is 0. The molecule has 4 nitrogen and oxygen atoms in total. The first-order valence-corrected chi connectivity index (χ1v) is 7.37. The van der Waals surface area contributed by atoms with E-state index in [9.17, 15) is 0 Å².